The Kier molecular flexibility index (Phi) is 5.42. The molecule has 0 spiro atoms. The maximum absolute atomic E-state index is 10.7. The highest BCUT2D eigenvalue weighted by Crippen LogP contribution is 2.36. The molecular weight excluding hydrogens is 262 g/mol. The van der Waals surface area contributed by atoms with E-state index in [4.69, 9.17) is 10.5 Å². The van der Waals surface area contributed by atoms with Crippen molar-refractivity contribution in [2.75, 3.05) is 13.2 Å². The van der Waals surface area contributed by atoms with E-state index < -0.39 is 5.60 Å². The molecular formula is C18H29NO2. The zero-order valence-corrected chi connectivity index (χ0v) is 13.3. The molecule has 3 N–H and O–H groups in total. The Morgan fingerprint density at radius 2 is 1.86 bits per heavy atom. The molecule has 0 heterocycles. The summed E-state index contributed by atoms with van der Waals surface area (Å²) in [5.74, 6) is 0. The van der Waals surface area contributed by atoms with Gasteiger partial charge in [-0.3, -0.25) is 0 Å². The second-order valence-corrected chi connectivity index (χ2v) is 7.09. The van der Waals surface area contributed by atoms with Gasteiger partial charge < -0.3 is 15.6 Å². The van der Waals surface area contributed by atoms with Crippen LogP contribution in [0.2, 0.25) is 0 Å². The van der Waals surface area contributed by atoms with Crippen molar-refractivity contribution in [3.05, 3.63) is 35.9 Å². The van der Waals surface area contributed by atoms with E-state index in [1.807, 2.05) is 30.3 Å². The quantitative estimate of drug-likeness (QED) is 0.846. The van der Waals surface area contributed by atoms with Crippen molar-refractivity contribution in [1.29, 1.82) is 0 Å². The van der Waals surface area contributed by atoms with Gasteiger partial charge in [0.25, 0.3) is 0 Å². The summed E-state index contributed by atoms with van der Waals surface area (Å²) in [6.45, 7) is 5.43. The van der Waals surface area contributed by atoms with Crippen LogP contribution < -0.4 is 5.73 Å². The normalized spacial score (nSPS) is 21.9. The molecule has 0 saturated heterocycles. The van der Waals surface area contributed by atoms with Crippen molar-refractivity contribution in [2.45, 2.75) is 57.7 Å². The van der Waals surface area contributed by atoms with Gasteiger partial charge in [-0.2, -0.15) is 0 Å². The highest BCUT2D eigenvalue weighted by atomic mass is 16.5. The monoisotopic (exact) mass is 291 g/mol. The van der Waals surface area contributed by atoms with Gasteiger partial charge in [0.2, 0.25) is 0 Å². The molecule has 1 unspecified atom stereocenters. The summed E-state index contributed by atoms with van der Waals surface area (Å²) < 4.78 is 5.98. The standard InChI is InChI=1S/C18H29NO2/c1-17(2)10-8-16(9-11-17)21-13-12-18(20,14-19)15-6-4-3-5-7-15/h3-7,16,20H,8-14,19H2,1-2H3. The predicted octanol–water partition coefficient (Wildman–Crippen LogP) is 3.21. The van der Waals surface area contributed by atoms with E-state index in [0.29, 0.717) is 24.5 Å². The van der Waals surface area contributed by atoms with Crippen LogP contribution in [0.1, 0.15) is 51.5 Å². The number of rotatable bonds is 6. The average molecular weight is 291 g/mol. The molecule has 3 nitrogen and oxygen atoms in total. The number of ether oxygens (including phenoxy) is 1. The van der Waals surface area contributed by atoms with Crippen LogP contribution >= 0.6 is 0 Å². The van der Waals surface area contributed by atoms with Gasteiger partial charge in [-0.05, 0) is 36.7 Å². The minimum atomic E-state index is -0.977. The molecule has 1 aromatic carbocycles. The zero-order chi connectivity index (χ0) is 15.3. The molecule has 1 aromatic rings. The summed E-state index contributed by atoms with van der Waals surface area (Å²) in [5, 5.41) is 10.7. The maximum Gasteiger partial charge on any atom is 0.104 e. The van der Waals surface area contributed by atoms with E-state index >= 15 is 0 Å². The van der Waals surface area contributed by atoms with Crippen molar-refractivity contribution in [3.8, 4) is 0 Å². The summed E-state index contributed by atoms with van der Waals surface area (Å²) >= 11 is 0. The Labute approximate surface area is 128 Å². The molecule has 2 rings (SSSR count). The molecule has 0 amide bonds. The molecule has 0 bridgehead atoms. The molecule has 0 aliphatic heterocycles. The van der Waals surface area contributed by atoms with Crippen molar-refractivity contribution in [1.82, 2.24) is 0 Å². The number of hydrogen-bond donors (Lipinski definition) is 2. The van der Waals surface area contributed by atoms with Gasteiger partial charge in [0, 0.05) is 13.0 Å². The van der Waals surface area contributed by atoms with E-state index in [-0.39, 0.29) is 6.54 Å². The second kappa shape index (κ2) is 6.91. The number of nitrogens with two attached hydrogens (primary N) is 1. The Hall–Kier alpha value is -0.900. The number of aliphatic hydroxyl groups is 1. The summed E-state index contributed by atoms with van der Waals surface area (Å²) in [5.41, 5.74) is 6.15. The van der Waals surface area contributed by atoms with Crippen molar-refractivity contribution >= 4 is 0 Å². The van der Waals surface area contributed by atoms with Crippen LogP contribution in [-0.4, -0.2) is 24.4 Å². The second-order valence-electron chi connectivity index (χ2n) is 7.09. The lowest BCUT2D eigenvalue weighted by molar-refractivity contribution is -0.0380. The van der Waals surface area contributed by atoms with Gasteiger partial charge in [0.1, 0.15) is 5.60 Å². The van der Waals surface area contributed by atoms with Crippen molar-refractivity contribution in [3.63, 3.8) is 0 Å². The minimum absolute atomic E-state index is 0.220. The van der Waals surface area contributed by atoms with Crippen LogP contribution in [0.4, 0.5) is 0 Å². The van der Waals surface area contributed by atoms with Crippen LogP contribution in [0, 0.1) is 5.41 Å². The van der Waals surface area contributed by atoms with Gasteiger partial charge in [0.05, 0.1) is 12.7 Å². The average Bonchev–Trinajstić information content (AvgIpc) is 2.49. The summed E-state index contributed by atoms with van der Waals surface area (Å²) in [4.78, 5) is 0. The first-order chi connectivity index (χ1) is 9.95. The highest BCUT2D eigenvalue weighted by Gasteiger charge is 2.30. The maximum atomic E-state index is 10.7. The van der Waals surface area contributed by atoms with Gasteiger partial charge in [-0.25, -0.2) is 0 Å². The lowest BCUT2D eigenvalue weighted by Gasteiger charge is -2.35. The van der Waals surface area contributed by atoms with E-state index in [9.17, 15) is 5.11 Å². The first-order valence-corrected chi connectivity index (χ1v) is 8.05. The van der Waals surface area contributed by atoms with Crippen LogP contribution in [0.5, 0.6) is 0 Å². The van der Waals surface area contributed by atoms with Crippen LogP contribution in [-0.2, 0) is 10.3 Å². The summed E-state index contributed by atoms with van der Waals surface area (Å²) in [6.07, 6.45) is 5.58. The zero-order valence-electron chi connectivity index (χ0n) is 13.3. The fourth-order valence-corrected chi connectivity index (χ4v) is 3.05. The Morgan fingerprint density at radius 1 is 1.24 bits per heavy atom. The van der Waals surface area contributed by atoms with Gasteiger partial charge in [0.15, 0.2) is 0 Å². The molecule has 1 atom stereocenters. The summed E-state index contributed by atoms with van der Waals surface area (Å²) in [6, 6.07) is 9.66. The fourth-order valence-electron chi connectivity index (χ4n) is 3.05. The molecule has 1 fully saturated rings. The SMILES string of the molecule is CC1(C)CCC(OCCC(O)(CN)c2ccccc2)CC1. The van der Waals surface area contributed by atoms with Crippen molar-refractivity contribution < 1.29 is 9.84 Å². The topological polar surface area (TPSA) is 55.5 Å². The molecule has 1 saturated carbocycles. The van der Waals surface area contributed by atoms with Gasteiger partial charge in [-0.15, -0.1) is 0 Å². The van der Waals surface area contributed by atoms with E-state index in [1.54, 1.807) is 0 Å². The molecule has 3 heteroatoms. The number of hydrogen-bond acceptors (Lipinski definition) is 3. The van der Waals surface area contributed by atoms with Crippen LogP contribution in [0.25, 0.3) is 0 Å². The fraction of sp³-hybridized carbons (Fsp3) is 0.667. The van der Waals surface area contributed by atoms with Gasteiger partial charge in [-0.1, -0.05) is 44.2 Å². The first kappa shape index (κ1) is 16.5. The third-order valence-electron chi connectivity index (χ3n) is 4.80. The molecule has 21 heavy (non-hydrogen) atoms. The third kappa shape index (κ3) is 4.53. The number of benzene rings is 1. The van der Waals surface area contributed by atoms with E-state index in [1.165, 1.54) is 12.8 Å². The largest absolute Gasteiger partial charge is 0.384 e. The first-order valence-electron chi connectivity index (χ1n) is 8.05. The summed E-state index contributed by atoms with van der Waals surface area (Å²) in [7, 11) is 0. The molecule has 0 radical (unpaired) electrons. The van der Waals surface area contributed by atoms with Gasteiger partial charge >= 0.3 is 0 Å². The molecule has 0 aromatic heterocycles. The Bertz CT molecular complexity index is 422. The Balaban J connectivity index is 1.82. The highest BCUT2D eigenvalue weighted by molar-refractivity contribution is 5.22. The van der Waals surface area contributed by atoms with E-state index in [0.717, 1.165) is 18.4 Å². The Morgan fingerprint density at radius 3 is 2.43 bits per heavy atom. The lowest BCUT2D eigenvalue weighted by Crippen LogP contribution is -2.37. The smallest absolute Gasteiger partial charge is 0.104 e. The predicted molar refractivity (Wildman–Crippen MR) is 86.0 cm³/mol. The van der Waals surface area contributed by atoms with E-state index in [2.05, 4.69) is 13.8 Å². The van der Waals surface area contributed by atoms with Crippen molar-refractivity contribution in [2.24, 2.45) is 11.1 Å². The third-order valence-corrected chi connectivity index (χ3v) is 4.80. The molecule has 1 aliphatic rings. The molecule has 1 aliphatic carbocycles. The van der Waals surface area contributed by atoms with Crippen LogP contribution in [0.15, 0.2) is 30.3 Å². The minimum Gasteiger partial charge on any atom is -0.384 e. The van der Waals surface area contributed by atoms with Crippen LogP contribution in [0.3, 0.4) is 0 Å². The molecule has 118 valence electrons. The lowest BCUT2D eigenvalue weighted by atomic mass is 9.76.